The Hall–Kier alpha value is -1.86. The van der Waals surface area contributed by atoms with Crippen molar-refractivity contribution in [2.45, 2.75) is 6.18 Å². The first-order chi connectivity index (χ1) is 9.77. The highest BCUT2D eigenvalue weighted by Crippen LogP contribution is 2.30. The molecule has 0 aliphatic rings. The summed E-state index contributed by atoms with van der Waals surface area (Å²) < 4.78 is 37.7. The number of carbonyl (C=O) groups excluding carboxylic acids is 1. The summed E-state index contributed by atoms with van der Waals surface area (Å²) in [7, 11) is 0. The number of nitrogens with zero attached hydrogens (tertiary/aromatic N) is 2. The van der Waals surface area contributed by atoms with Crippen LogP contribution in [0, 0.1) is 0 Å². The molecule has 1 amide bonds. The van der Waals surface area contributed by atoms with Gasteiger partial charge in [0, 0.05) is 5.69 Å². The van der Waals surface area contributed by atoms with E-state index in [9.17, 15) is 18.0 Å². The summed E-state index contributed by atoms with van der Waals surface area (Å²) in [6.45, 7) is 0. The second kappa shape index (κ2) is 5.87. The van der Waals surface area contributed by atoms with E-state index in [4.69, 9.17) is 23.2 Å². The molecule has 9 heteroatoms. The number of halogens is 5. The number of carbonyl (C=O) groups is 1. The molecule has 1 aromatic heterocycles. The first-order valence-corrected chi connectivity index (χ1v) is 6.20. The molecule has 2 aromatic rings. The molecule has 1 N–H and O–H groups in total. The van der Waals surface area contributed by atoms with Gasteiger partial charge in [-0.25, -0.2) is 0 Å². The van der Waals surface area contributed by atoms with Gasteiger partial charge in [-0.05, 0) is 24.3 Å². The predicted molar refractivity (Wildman–Crippen MR) is 71.4 cm³/mol. The number of nitrogens with one attached hydrogen (secondary N) is 1. The van der Waals surface area contributed by atoms with Crippen LogP contribution in [0.5, 0.6) is 0 Å². The number of amides is 1. The average Bonchev–Trinajstić information content (AvgIpc) is 2.41. The zero-order chi connectivity index (χ0) is 15.6. The lowest BCUT2D eigenvalue weighted by atomic mass is 10.2. The molecule has 1 aromatic carbocycles. The molecule has 0 aliphatic carbocycles. The lowest BCUT2D eigenvalue weighted by Gasteiger charge is -2.10. The highest BCUT2D eigenvalue weighted by Gasteiger charge is 2.30. The number of hydrogen-bond acceptors (Lipinski definition) is 3. The van der Waals surface area contributed by atoms with Gasteiger partial charge in [-0.1, -0.05) is 29.3 Å². The summed E-state index contributed by atoms with van der Waals surface area (Å²) in [6, 6.07) is 5.37. The minimum absolute atomic E-state index is 0.0289. The number of hydrogen-bond donors (Lipinski definition) is 1. The van der Waals surface area contributed by atoms with Crippen LogP contribution in [-0.4, -0.2) is 16.1 Å². The molecule has 0 spiro atoms. The van der Waals surface area contributed by atoms with Crippen LogP contribution in [0.2, 0.25) is 10.3 Å². The maximum absolute atomic E-state index is 12.6. The van der Waals surface area contributed by atoms with E-state index in [1.165, 1.54) is 18.2 Å². The summed E-state index contributed by atoms with van der Waals surface area (Å²) in [5.74, 6) is -0.740. The van der Waals surface area contributed by atoms with Gasteiger partial charge < -0.3 is 5.32 Å². The van der Waals surface area contributed by atoms with Crippen molar-refractivity contribution in [1.29, 1.82) is 0 Å². The number of aromatic nitrogens is 2. The van der Waals surface area contributed by atoms with E-state index in [1.807, 2.05) is 0 Å². The molecule has 0 aliphatic heterocycles. The van der Waals surface area contributed by atoms with Gasteiger partial charge in [0.1, 0.15) is 0 Å². The standard InChI is InChI=1S/C12H6Cl2F3N3O/c13-9-5-8(10(14)20-19-9)11(21)18-7-3-1-2-6(4-7)12(15,16)17/h1-5H,(H,18,21). The van der Waals surface area contributed by atoms with E-state index in [0.717, 1.165) is 12.1 Å². The van der Waals surface area contributed by atoms with Gasteiger partial charge in [-0.3, -0.25) is 4.79 Å². The van der Waals surface area contributed by atoms with E-state index in [-0.39, 0.29) is 21.6 Å². The summed E-state index contributed by atoms with van der Waals surface area (Å²) in [5.41, 5.74) is -0.995. The fraction of sp³-hybridized carbons (Fsp3) is 0.0833. The highest BCUT2D eigenvalue weighted by atomic mass is 35.5. The van der Waals surface area contributed by atoms with Gasteiger partial charge in [-0.2, -0.15) is 13.2 Å². The Kier molecular flexibility index (Phi) is 4.34. The minimum Gasteiger partial charge on any atom is -0.322 e. The van der Waals surface area contributed by atoms with Crippen LogP contribution in [-0.2, 0) is 6.18 Å². The molecular formula is C12H6Cl2F3N3O. The van der Waals surface area contributed by atoms with Crippen molar-refractivity contribution in [2.24, 2.45) is 0 Å². The van der Waals surface area contributed by atoms with Gasteiger partial charge in [0.25, 0.3) is 5.91 Å². The van der Waals surface area contributed by atoms with E-state index in [2.05, 4.69) is 15.5 Å². The molecular weight excluding hydrogens is 330 g/mol. The second-order valence-electron chi connectivity index (χ2n) is 3.90. The Bertz CT molecular complexity index is 692. The maximum atomic E-state index is 12.6. The molecule has 21 heavy (non-hydrogen) atoms. The quantitative estimate of drug-likeness (QED) is 0.900. The molecule has 0 fully saturated rings. The second-order valence-corrected chi connectivity index (χ2v) is 4.65. The largest absolute Gasteiger partial charge is 0.416 e. The fourth-order valence-corrected chi connectivity index (χ4v) is 1.81. The molecule has 4 nitrogen and oxygen atoms in total. The first kappa shape index (κ1) is 15.5. The van der Waals surface area contributed by atoms with Gasteiger partial charge in [0.2, 0.25) is 0 Å². The summed E-state index contributed by atoms with van der Waals surface area (Å²) in [5, 5.41) is 8.89. The Labute approximate surface area is 126 Å². The van der Waals surface area contributed by atoms with E-state index < -0.39 is 17.6 Å². The van der Waals surface area contributed by atoms with E-state index in [0.29, 0.717) is 0 Å². The van der Waals surface area contributed by atoms with Crippen LogP contribution in [0.25, 0.3) is 0 Å². The molecule has 2 rings (SSSR count). The third kappa shape index (κ3) is 3.83. The summed E-state index contributed by atoms with van der Waals surface area (Å²) in [6.07, 6.45) is -4.50. The Balaban J connectivity index is 2.26. The molecule has 0 unspecified atom stereocenters. The van der Waals surface area contributed by atoms with Gasteiger partial charge in [0.15, 0.2) is 10.3 Å². The fourth-order valence-electron chi connectivity index (χ4n) is 1.48. The highest BCUT2D eigenvalue weighted by molar-refractivity contribution is 6.34. The van der Waals surface area contributed by atoms with Crippen molar-refractivity contribution in [2.75, 3.05) is 5.32 Å². The van der Waals surface area contributed by atoms with Crippen molar-refractivity contribution in [3.05, 3.63) is 51.8 Å². The Morgan fingerprint density at radius 3 is 2.52 bits per heavy atom. The van der Waals surface area contributed by atoms with Crippen molar-refractivity contribution >= 4 is 34.8 Å². The van der Waals surface area contributed by atoms with Crippen LogP contribution in [0.1, 0.15) is 15.9 Å². The third-order valence-corrected chi connectivity index (χ3v) is 2.88. The minimum atomic E-state index is -4.50. The van der Waals surface area contributed by atoms with Crippen LogP contribution >= 0.6 is 23.2 Å². The van der Waals surface area contributed by atoms with Gasteiger partial charge >= 0.3 is 6.18 Å². The Morgan fingerprint density at radius 1 is 1.14 bits per heavy atom. The zero-order valence-electron chi connectivity index (χ0n) is 10.1. The normalized spacial score (nSPS) is 11.3. The van der Waals surface area contributed by atoms with Crippen LogP contribution in [0.3, 0.4) is 0 Å². The van der Waals surface area contributed by atoms with Crippen LogP contribution in [0.4, 0.5) is 18.9 Å². The van der Waals surface area contributed by atoms with Gasteiger partial charge in [-0.15, -0.1) is 10.2 Å². The lowest BCUT2D eigenvalue weighted by molar-refractivity contribution is -0.137. The maximum Gasteiger partial charge on any atom is 0.416 e. The number of benzene rings is 1. The first-order valence-electron chi connectivity index (χ1n) is 5.44. The van der Waals surface area contributed by atoms with Crippen LogP contribution in [0.15, 0.2) is 30.3 Å². The molecule has 0 bridgehead atoms. The molecule has 0 saturated heterocycles. The SMILES string of the molecule is O=C(Nc1cccc(C(F)(F)F)c1)c1cc(Cl)nnc1Cl. The third-order valence-electron chi connectivity index (χ3n) is 2.41. The zero-order valence-corrected chi connectivity index (χ0v) is 11.6. The van der Waals surface area contributed by atoms with Crippen molar-refractivity contribution in [1.82, 2.24) is 10.2 Å². The summed E-state index contributed by atoms with van der Waals surface area (Å²) >= 11 is 11.3. The monoisotopic (exact) mass is 335 g/mol. The topological polar surface area (TPSA) is 54.9 Å². The van der Waals surface area contributed by atoms with Crippen molar-refractivity contribution < 1.29 is 18.0 Å². The number of alkyl halides is 3. The molecule has 0 radical (unpaired) electrons. The summed E-state index contributed by atoms with van der Waals surface area (Å²) in [4.78, 5) is 11.9. The Morgan fingerprint density at radius 2 is 1.86 bits per heavy atom. The van der Waals surface area contributed by atoms with E-state index in [1.54, 1.807) is 0 Å². The smallest absolute Gasteiger partial charge is 0.322 e. The van der Waals surface area contributed by atoms with Crippen LogP contribution < -0.4 is 5.32 Å². The van der Waals surface area contributed by atoms with E-state index >= 15 is 0 Å². The number of anilines is 1. The number of rotatable bonds is 2. The predicted octanol–water partition coefficient (Wildman–Crippen LogP) is 4.05. The molecule has 0 atom stereocenters. The lowest BCUT2D eigenvalue weighted by Crippen LogP contribution is -2.14. The molecule has 1 heterocycles. The van der Waals surface area contributed by atoms with Gasteiger partial charge in [0.05, 0.1) is 11.1 Å². The van der Waals surface area contributed by atoms with Crippen molar-refractivity contribution in [3.63, 3.8) is 0 Å². The average molecular weight is 336 g/mol. The molecule has 110 valence electrons. The molecule has 0 saturated carbocycles. The van der Waals surface area contributed by atoms with Crippen molar-refractivity contribution in [3.8, 4) is 0 Å².